The van der Waals surface area contributed by atoms with E-state index in [2.05, 4.69) is 34.9 Å². The van der Waals surface area contributed by atoms with Crippen LogP contribution in [0.4, 0.5) is 4.79 Å². The predicted molar refractivity (Wildman–Crippen MR) is 119 cm³/mol. The fourth-order valence-corrected chi connectivity index (χ4v) is 4.42. The lowest BCUT2D eigenvalue weighted by molar-refractivity contribution is -0.148. The van der Waals surface area contributed by atoms with Crippen molar-refractivity contribution in [3.63, 3.8) is 0 Å². The molecule has 1 unspecified atom stereocenters. The zero-order valence-corrected chi connectivity index (χ0v) is 18.3. The van der Waals surface area contributed by atoms with Crippen LogP contribution in [0.5, 0.6) is 0 Å². The van der Waals surface area contributed by atoms with Crippen molar-refractivity contribution >= 4 is 18.0 Å². The molecule has 1 atom stereocenters. The summed E-state index contributed by atoms with van der Waals surface area (Å²) < 4.78 is 5.54. The molecule has 7 heteroatoms. The Morgan fingerprint density at radius 3 is 2.12 bits per heavy atom. The Labute approximate surface area is 187 Å². The summed E-state index contributed by atoms with van der Waals surface area (Å²) in [6.07, 6.45) is 0.729. The molecule has 2 aromatic carbocycles. The number of carboxylic acid groups (broad SMARTS) is 1. The predicted octanol–water partition coefficient (Wildman–Crippen LogP) is 3.67. The maximum atomic E-state index is 12.4. The highest BCUT2D eigenvalue weighted by Crippen LogP contribution is 2.44. The lowest BCUT2D eigenvalue weighted by Crippen LogP contribution is -2.57. The third kappa shape index (κ3) is 4.07. The van der Waals surface area contributed by atoms with E-state index in [1.807, 2.05) is 24.3 Å². The van der Waals surface area contributed by atoms with Crippen LogP contribution in [0.25, 0.3) is 11.1 Å². The van der Waals surface area contributed by atoms with E-state index in [1.165, 1.54) is 18.1 Å². The number of fused-ring (bicyclic) bond motifs is 3. The molecule has 0 radical (unpaired) electrons. The van der Waals surface area contributed by atoms with E-state index in [0.717, 1.165) is 11.1 Å². The lowest BCUT2D eigenvalue weighted by Gasteiger charge is -2.36. The number of carbonyl (C=O) groups is 3. The second-order valence-electron chi connectivity index (χ2n) is 8.82. The second kappa shape index (κ2) is 8.65. The van der Waals surface area contributed by atoms with Gasteiger partial charge in [-0.15, -0.1) is 0 Å². The number of benzene rings is 2. The standard InChI is InChI=1S/C25H28N2O5/c1-3-25(2,23(29)30)27-22(28)15-12-16(13-15)26-24(31)32-14-21-19-10-6-4-8-17(19)18-9-5-7-11-20(18)21/h4-11,15-16,21H,3,12-14H2,1-2H3,(H,26,31)(H,27,28)(H,29,30). The highest BCUT2D eigenvalue weighted by atomic mass is 16.5. The van der Waals surface area contributed by atoms with E-state index in [9.17, 15) is 19.5 Å². The van der Waals surface area contributed by atoms with Crippen molar-refractivity contribution in [1.82, 2.24) is 10.6 Å². The van der Waals surface area contributed by atoms with E-state index >= 15 is 0 Å². The Balaban J connectivity index is 1.28. The number of alkyl carbamates (subject to hydrolysis) is 1. The van der Waals surface area contributed by atoms with Crippen LogP contribution in [0, 0.1) is 5.92 Å². The van der Waals surface area contributed by atoms with Crippen molar-refractivity contribution in [2.75, 3.05) is 6.61 Å². The van der Waals surface area contributed by atoms with Crippen molar-refractivity contribution in [3.05, 3.63) is 59.7 Å². The van der Waals surface area contributed by atoms with Crippen molar-refractivity contribution < 1.29 is 24.2 Å². The number of nitrogens with one attached hydrogen (secondary N) is 2. The van der Waals surface area contributed by atoms with E-state index in [0.29, 0.717) is 19.3 Å². The number of hydrogen-bond donors (Lipinski definition) is 3. The first-order valence-electron chi connectivity index (χ1n) is 11.0. The molecule has 0 aliphatic heterocycles. The SMILES string of the molecule is CCC(C)(NC(=O)C1CC(NC(=O)OCC2c3ccccc3-c3ccccc32)C1)C(=O)O. The molecule has 0 saturated heterocycles. The average molecular weight is 437 g/mol. The molecule has 2 aliphatic rings. The third-order valence-corrected chi connectivity index (χ3v) is 6.75. The first kappa shape index (κ1) is 21.9. The monoisotopic (exact) mass is 436 g/mol. The molecule has 1 fully saturated rings. The van der Waals surface area contributed by atoms with E-state index in [-0.39, 0.29) is 30.4 Å². The van der Waals surface area contributed by atoms with E-state index in [4.69, 9.17) is 4.74 Å². The molecule has 168 valence electrons. The third-order valence-electron chi connectivity index (χ3n) is 6.75. The maximum Gasteiger partial charge on any atom is 0.407 e. The fourth-order valence-electron chi connectivity index (χ4n) is 4.42. The minimum absolute atomic E-state index is 0.00388. The zero-order valence-electron chi connectivity index (χ0n) is 18.3. The van der Waals surface area contributed by atoms with Gasteiger partial charge in [0.25, 0.3) is 0 Å². The second-order valence-corrected chi connectivity index (χ2v) is 8.82. The Kier molecular flexibility index (Phi) is 5.91. The van der Waals surface area contributed by atoms with Crippen molar-refractivity contribution in [3.8, 4) is 11.1 Å². The van der Waals surface area contributed by atoms with Crippen molar-refractivity contribution in [2.45, 2.75) is 50.6 Å². The number of rotatable bonds is 7. The molecule has 0 heterocycles. The van der Waals surface area contributed by atoms with Gasteiger partial charge in [-0.05, 0) is 48.4 Å². The van der Waals surface area contributed by atoms with Gasteiger partial charge in [-0.25, -0.2) is 9.59 Å². The molecular weight excluding hydrogens is 408 g/mol. The molecule has 0 aromatic heterocycles. The molecule has 0 bridgehead atoms. The van der Waals surface area contributed by atoms with Crippen LogP contribution < -0.4 is 10.6 Å². The lowest BCUT2D eigenvalue weighted by atomic mass is 9.79. The first-order valence-corrected chi connectivity index (χ1v) is 11.0. The van der Waals surface area contributed by atoms with Gasteiger partial charge in [-0.3, -0.25) is 4.79 Å². The minimum atomic E-state index is -1.28. The van der Waals surface area contributed by atoms with Crippen LogP contribution in [0.3, 0.4) is 0 Å². The topological polar surface area (TPSA) is 105 Å². The number of aliphatic carboxylic acids is 1. The van der Waals surface area contributed by atoms with Crippen LogP contribution in [-0.2, 0) is 14.3 Å². The number of ether oxygens (including phenoxy) is 1. The summed E-state index contributed by atoms with van der Waals surface area (Å²) >= 11 is 0. The summed E-state index contributed by atoms with van der Waals surface area (Å²) in [7, 11) is 0. The fraction of sp³-hybridized carbons (Fsp3) is 0.400. The van der Waals surface area contributed by atoms with Crippen molar-refractivity contribution in [1.29, 1.82) is 0 Å². The molecule has 4 rings (SSSR count). The van der Waals surface area contributed by atoms with Gasteiger partial charge in [-0.2, -0.15) is 0 Å². The van der Waals surface area contributed by atoms with Gasteiger partial charge in [-0.1, -0.05) is 55.5 Å². The maximum absolute atomic E-state index is 12.4. The first-order chi connectivity index (χ1) is 15.3. The normalized spacial score (nSPS) is 20.8. The molecule has 2 aromatic rings. The van der Waals surface area contributed by atoms with E-state index < -0.39 is 17.6 Å². The van der Waals surface area contributed by atoms with Crippen LogP contribution >= 0.6 is 0 Å². The summed E-state index contributed by atoms with van der Waals surface area (Å²) in [4.78, 5) is 36.1. The summed E-state index contributed by atoms with van der Waals surface area (Å²) in [6.45, 7) is 3.46. The largest absolute Gasteiger partial charge is 0.480 e. The zero-order chi connectivity index (χ0) is 22.9. The van der Waals surface area contributed by atoms with Gasteiger partial charge >= 0.3 is 12.1 Å². The Bertz CT molecular complexity index is 1000. The van der Waals surface area contributed by atoms with Gasteiger partial charge < -0.3 is 20.5 Å². The number of hydrogen-bond acceptors (Lipinski definition) is 4. The number of amides is 2. The average Bonchev–Trinajstić information content (AvgIpc) is 3.08. The number of carboxylic acids is 1. The van der Waals surface area contributed by atoms with Crippen LogP contribution in [-0.4, -0.2) is 41.3 Å². The number of carbonyl (C=O) groups excluding carboxylic acids is 2. The smallest absolute Gasteiger partial charge is 0.407 e. The summed E-state index contributed by atoms with van der Waals surface area (Å²) in [6, 6.07) is 16.1. The summed E-state index contributed by atoms with van der Waals surface area (Å²) in [5, 5.41) is 14.7. The van der Waals surface area contributed by atoms with Gasteiger partial charge in [0.1, 0.15) is 12.1 Å². The molecule has 3 N–H and O–H groups in total. The van der Waals surface area contributed by atoms with E-state index in [1.54, 1.807) is 6.92 Å². The molecular formula is C25H28N2O5. The van der Waals surface area contributed by atoms with Gasteiger partial charge in [0, 0.05) is 17.9 Å². The van der Waals surface area contributed by atoms with Crippen LogP contribution in [0.1, 0.15) is 50.2 Å². The summed E-state index contributed by atoms with van der Waals surface area (Å²) in [5.41, 5.74) is 3.37. The van der Waals surface area contributed by atoms with Crippen LogP contribution in [0.15, 0.2) is 48.5 Å². The highest BCUT2D eigenvalue weighted by molar-refractivity contribution is 5.88. The molecule has 0 spiro atoms. The van der Waals surface area contributed by atoms with Gasteiger partial charge in [0.15, 0.2) is 0 Å². The Morgan fingerprint density at radius 2 is 1.59 bits per heavy atom. The van der Waals surface area contributed by atoms with Crippen molar-refractivity contribution in [2.24, 2.45) is 5.92 Å². The minimum Gasteiger partial charge on any atom is -0.480 e. The van der Waals surface area contributed by atoms with Gasteiger partial charge in [0.2, 0.25) is 5.91 Å². The van der Waals surface area contributed by atoms with Crippen LogP contribution in [0.2, 0.25) is 0 Å². The molecule has 32 heavy (non-hydrogen) atoms. The summed E-state index contributed by atoms with van der Waals surface area (Å²) in [5.74, 6) is -1.65. The molecule has 7 nitrogen and oxygen atoms in total. The quantitative estimate of drug-likeness (QED) is 0.614. The Morgan fingerprint density at radius 1 is 1.03 bits per heavy atom. The highest BCUT2D eigenvalue weighted by Gasteiger charge is 2.40. The molecule has 2 aliphatic carbocycles. The molecule has 1 saturated carbocycles. The molecule has 2 amide bonds. The Hall–Kier alpha value is -3.35. The van der Waals surface area contributed by atoms with Gasteiger partial charge in [0.05, 0.1) is 0 Å².